The average Bonchev–Trinajstić information content (AvgIpc) is 2.72. The third-order valence-corrected chi connectivity index (χ3v) is 3.52. The fourth-order valence-corrected chi connectivity index (χ4v) is 2.39. The number of nitrogens with zero attached hydrogens (tertiary/aromatic N) is 2. The van der Waals surface area contributed by atoms with Gasteiger partial charge in [0.15, 0.2) is 0 Å². The van der Waals surface area contributed by atoms with E-state index >= 15 is 0 Å². The summed E-state index contributed by atoms with van der Waals surface area (Å²) in [5.41, 5.74) is 0.735. The minimum absolute atomic E-state index is 0.0450. The van der Waals surface area contributed by atoms with Gasteiger partial charge in [0.05, 0.1) is 18.4 Å². The predicted octanol–water partition coefficient (Wildman–Crippen LogP) is 1.28. The number of aromatic nitrogens is 1. The molecule has 0 aromatic carbocycles. The molecule has 86 valence electrons. The molecule has 3 nitrogen and oxygen atoms in total. The van der Waals surface area contributed by atoms with Gasteiger partial charge in [-0.15, -0.1) is 0 Å². The first-order valence-corrected chi connectivity index (χ1v) is 5.31. The summed E-state index contributed by atoms with van der Waals surface area (Å²) in [7, 11) is 0. The molecular weight excluding hydrogens is 214 g/mol. The van der Waals surface area contributed by atoms with Crippen LogP contribution in [0.25, 0.3) is 0 Å². The smallest absolute Gasteiger partial charge is 0.258 e. The molecule has 2 unspecified atom stereocenters. The maximum atomic E-state index is 13.0. The van der Waals surface area contributed by atoms with E-state index in [4.69, 9.17) is 5.11 Å². The molecule has 1 N–H and O–H groups in total. The van der Waals surface area contributed by atoms with Gasteiger partial charge < -0.3 is 10.0 Å². The Hall–Kier alpha value is -1.23. The molecule has 16 heavy (non-hydrogen) atoms. The van der Waals surface area contributed by atoms with E-state index in [1.165, 1.54) is 0 Å². The Labute approximate surface area is 91.7 Å². The number of pyridine rings is 1. The van der Waals surface area contributed by atoms with Crippen molar-refractivity contribution in [2.24, 2.45) is 11.8 Å². The van der Waals surface area contributed by atoms with E-state index in [0.29, 0.717) is 13.1 Å². The summed E-state index contributed by atoms with van der Waals surface area (Å²) in [6.45, 7) is 0.739. The highest BCUT2D eigenvalue weighted by Gasteiger charge is 2.71. The second-order valence-corrected chi connectivity index (χ2v) is 4.48. The Balaban J connectivity index is 1.71. The van der Waals surface area contributed by atoms with Gasteiger partial charge in [-0.25, -0.2) is 13.8 Å². The van der Waals surface area contributed by atoms with Gasteiger partial charge in [0.2, 0.25) is 0 Å². The van der Waals surface area contributed by atoms with Crippen molar-refractivity contribution in [3.05, 3.63) is 23.9 Å². The number of hydrogen-bond acceptors (Lipinski definition) is 3. The maximum absolute atomic E-state index is 13.0. The molecule has 1 aromatic rings. The summed E-state index contributed by atoms with van der Waals surface area (Å²) in [5.74, 6) is -2.68. The Morgan fingerprint density at radius 2 is 2.06 bits per heavy atom. The largest absolute Gasteiger partial charge is 0.392 e. The van der Waals surface area contributed by atoms with E-state index < -0.39 is 17.8 Å². The van der Waals surface area contributed by atoms with Crippen molar-refractivity contribution in [3.8, 4) is 0 Å². The number of aliphatic hydroxyl groups excluding tert-OH is 1. The molecule has 2 fully saturated rings. The molecule has 1 aliphatic heterocycles. The van der Waals surface area contributed by atoms with Gasteiger partial charge in [0.25, 0.3) is 5.92 Å². The summed E-state index contributed by atoms with van der Waals surface area (Å²) in [6.07, 6.45) is 1.58. The van der Waals surface area contributed by atoms with E-state index in [2.05, 4.69) is 4.98 Å². The highest BCUT2D eigenvalue weighted by Crippen LogP contribution is 2.59. The van der Waals surface area contributed by atoms with E-state index in [1.54, 1.807) is 18.3 Å². The zero-order valence-corrected chi connectivity index (χ0v) is 8.61. The highest BCUT2D eigenvalue weighted by molar-refractivity contribution is 5.43. The van der Waals surface area contributed by atoms with Crippen molar-refractivity contribution in [1.82, 2.24) is 4.98 Å². The van der Waals surface area contributed by atoms with Gasteiger partial charge >= 0.3 is 0 Å². The van der Waals surface area contributed by atoms with Crippen LogP contribution in [0.2, 0.25) is 0 Å². The fourth-order valence-electron chi connectivity index (χ4n) is 2.39. The number of piperidine rings is 1. The van der Waals surface area contributed by atoms with Gasteiger partial charge in [-0.05, 0) is 11.6 Å². The summed E-state index contributed by atoms with van der Waals surface area (Å²) in [6, 6.07) is 3.54. The van der Waals surface area contributed by atoms with Crippen LogP contribution in [0.5, 0.6) is 0 Å². The van der Waals surface area contributed by atoms with E-state index in [9.17, 15) is 8.78 Å². The fraction of sp³-hybridized carbons (Fsp3) is 0.545. The zero-order chi connectivity index (χ0) is 11.3. The Morgan fingerprint density at radius 1 is 1.38 bits per heavy atom. The first-order chi connectivity index (χ1) is 7.63. The molecule has 0 radical (unpaired) electrons. The van der Waals surface area contributed by atoms with Gasteiger partial charge in [0, 0.05) is 19.3 Å². The molecule has 0 bridgehead atoms. The van der Waals surface area contributed by atoms with E-state index in [-0.39, 0.29) is 6.61 Å². The summed E-state index contributed by atoms with van der Waals surface area (Å²) in [4.78, 5) is 6.04. The predicted molar refractivity (Wildman–Crippen MR) is 54.3 cm³/mol. The molecule has 1 aromatic heterocycles. The van der Waals surface area contributed by atoms with Gasteiger partial charge in [-0.1, -0.05) is 6.07 Å². The first kappa shape index (κ1) is 9.96. The molecule has 3 rings (SSSR count). The minimum atomic E-state index is -2.44. The Kier molecular flexibility index (Phi) is 1.95. The van der Waals surface area contributed by atoms with Crippen molar-refractivity contribution < 1.29 is 13.9 Å². The SMILES string of the molecule is OCc1ccc(N2CC3C(C2)C3(F)F)nc1. The molecule has 1 saturated heterocycles. The van der Waals surface area contributed by atoms with Gasteiger partial charge in [-0.2, -0.15) is 0 Å². The first-order valence-electron chi connectivity index (χ1n) is 5.31. The lowest BCUT2D eigenvalue weighted by Crippen LogP contribution is -2.27. The Morgan fingerprint density at radius 3 is 2.56 bits per heavy atom. The number of hydrogen-bond donors (Lipinski definition) is 1. The number of alkyl halides is 2. The van der Waals surface area contributed by atoms with Crippen molar-refractivity contribution in [2.45, 2.75) is 12.5 Å². The molecule has 2 atom stereocenters. The summed E-state index contributed by atoms with van der Waals surface area (Å²) >= 11 is 0. The second-order valence-electron chi connectivity index (χ2n) is 4.48. The van der Waals surface area contributed by atoms with Crippen LogP contribution in [-0.4, -0.2) is 29.1 Å². The van der Waals surface area contributed by atoms with Crippen molar-refractivity contribution in [2.75, 3.05) is 18.0 Å². The zero-order valence-electron chi connectivity index (χ0n) is 8.61. The number of anilines is 1. The second kappa shape index (κ2) is 3.13. The van der Waals surface area contributed by atoms with Crippen LogP contribution in [-0.2, 0) is 6.61 Å². The van der Waals surface area contributed by atoms with Crippen molar-refractivity contribution in [1.29, 1.82) is 0 Å². The molecular formula is C11H12F2N2O. The average molecular weight is 226 g/mol. The lowest BCUT2D eigenvalue weighted by molar-refractivity contribution is 0.0797. The molecule has 5 heteroatoms. The standard InChI is InChI=1S/C11H12F2N2O/c12-11(13)8-4-15(5-9(8)11)10-2-1-7(6-16)3-14-10/h1-3,8-9,16H,4-6H2. The third-order valence-electron chi connectivity index (χ3n) is 3.52. The van der Waals surface area contributed by atoms with Gasteiger partial charge in [0.1, 0.15) is 5.82 Å². The summed E-state index contributed by atoms with van der Waals surface area (Å²) in [5, 5.41) is 8.86. The molecule has 2 aliphatic rings. The van der Waals surface area contributed by atoms with E-state index in [0.717, 1.165) is 11.4 Å². The highest BCUT2D eigenvalue weighted by atomic mass is 19.3. The maximum Gasteiger partial charge on any atom is 0.258 e. The number of rotatable bonds is 2. The van der Waals surface area contributed by atoms with Crippen molar-refractivity contribution in [3.63, 3.8) is 0 Å². The van der Waals surface area contributed by atoms with Crippen LogP contribution in [0, 0.1) is 11.8 Å². The number of halogens is 2. The molecule has 1 saturated carbocycles. The molecule has 0 amide bonds. The van der Waals surface area contributed by atoms with Crippen LogP contribution >= 0.6 is 0 Å². The van der Waals surface area contributed by atoms with Crippen LogP contribution in [0.1, 0.15) is 5.56 Å². The number of aliphatic hydroxyl groups is 1. The summed E-state index contributed by atoms with van der Waals surface area (Å²) < 4.78 is 25.9. The quantitative estimate of drug-likeness (QED) is 0.825. The normalized spacial score (nSPS) is 30.3. The van der Waals surface area contributed by atoms with Crippen LogP contribution in [0.3, 0.4) is 0 Å². The van der Waals surface area contributed by atoms with E-state index in [1.807, 2.05) is 4.90 Å². The molecule has 2 heterocycles. The topological polar surface area (TPSA) is 36.4 Å². The van der Waals surface area contributed by atoms with Gasteiger partial charge in [-0.3, -0.25) is 0 Å². The number of fused-ring (bicyclic) bond motifs is 1. The minimum Gasteiger partial charge on any atom is -0.392 e. The third kappa shape index (κ3) is 1.31. The lowest BCUT2D eigenvalue weighted by Gasteiger charge is -2.20. The molecule has 0 spiro atoms. The van der Waals surface area contributed by atoms with Crippen LogP contribution in [0.4, 0.5) is 14.6 Å². The lowest BCUT2D eigenvalue weighted by atomic mass is 10.3. The van der Waals surface area contributed by atoms with Crippen LogP contribution in [0.15, 0.2) is 18.3 Å². The molecule has 1 aliphatic carbocycles. The van der Waals surface area contributed by atoms with Crippen molar-refractivity contribution >= 4 is 5.82 Å². The monoisotopic (exact) mass is 226 g/mol. The Bertz CT molecular complexity index is 393. The van der Waals surface area contributed by atoms with Crippen LogP contribution < -0.4 is 4.90 Å².